The Morgan fingerprint density at radius 1 is 1.33 bits per heavy atom. The lowest BCUT2D eigenvalue weighted by Crippen LogP contribution is -2.30. The predicted octanol–water partition coefficient (Wildman–Crippen LogP) is 1.51. The van der Waals surface area contributed by atoms with Gasteiger partial charge < -0.3 is 10.0 Å². The molecule has 1 aromatic rings. The third-order valence-electron chi connectivity index (χ3n) is 3.01. The summed E-state index contributed by atoms with van der Waals surface area (Å²) >= 11 is 0. The molecular formula is C12H11F2NO3. The molecule has 1 N–H and O–H groups in total. The first kappa shape index (κ1) is 12.5. The zero-order chi connectivity index (χ0) is 13.3. The van der Waals surface area contributed by atoms with Crippen molar-refractivity contribution in [3.05, 3.63) is 35.4 Å². The molecule has 0 radical (unpaired) electrons. The number of rotatable bonds is 2. The minimum Gasteiger partial charge on any atom is -0.481 e. The van der Waals surface area contributed by atoms with E-state index in [2.05, 4.69) is 0 Å². The minimum atomic E-state index is -1.19. The predicted molar refractivity (Wildman–Crippen MR) is 58.0 cm³/mol. The van der Waals surface area contributed by atoms with Gasteiger partial charge in [0, 0.05) is 13.1 Å². The van der Waals surface area contributed by atoms with Gasteiger partial charge in [0.25, 0.3) is 5.91 Å². The van der Waals surface area contributed by atoms with E-state index in [4.69, 9.17) is 5.11 Å². The van der Waals surface area contributed by atoms with Crippen LogP contribution in [0.4, 0.5) is 8.78 Å². The van der Waals surface area contributed by atoms with Crippen molar-refractivity contribution in [2.75, 3.05) is 13.1 Å². The van der Waals surface area contributed by atoms with Crippen molar-refractivity contribution < 1.29 is 23.5 Å². The van der Waals surface area contributed by atoms with Crippen molar-refractivity contribution in [3.63, 3.8) is 0 Å². The van der Waals surface area contributed by atoms with Crippen LogP contribution in [0.3, 0.4) is 0 Å². The fourth-order valence-electron chi connectivity index (χ4n) is 1.99. The minimum absolute atomic E-state index is 0.0319. The largest absolute Gasteiger partial charge is 0.481 e. The fourth-order valence-corrected chi connectivity index (χ4v) is 1.99. The van der Waals surface area contributed by atoms with Crippen LogP contribution in [0.5, 0.6) is 0 Å². The summed E-state index contributed by atoms with van der Waals surface area (Å²) in [5.41, 5.74) is -0.360. The standard InChI is InChI=1S/C12H11F2NO3/c13-9-3-1-2-8(10(9)14)11(16)15-5-4-7(6-15)12(17)18/h1-3,7H,4-6H2,(H,17,18). The SMILES string of the molecule is O=C(O)C1CCN(C(=O)c2cccc(F)c2F)C1. The summed E-state index contributed by atoms with van der Waals surface area (Å²) < 4.78 is 26.4. The summed E-state index contributed by atoms with van der Waals surface area (Å²) in [7, 11) is 0. The molecule has 4 nitrogen and oxygen atoms in total. The summed E-state index contributed by atoms with van der Waals surface area (Å²) in [5.74, 6) is -4.57. The summed E-state index contributed by atoms with van der Waals surface area (Å²) in [6.45, 7) is 0.274. The number of carboxylic acids is 1. The number of hydrogen-bond acceptors (Lipinski definition) is 2. The average Bonchev–Trinajstić information content (AvgIpc) is 2.81. The molecule has 1 aliphatic heterocycles. The van der Waals surface area contributed by atoms with E-state index in [1.807, 2.05) is 0 Å². The van der Waals surface area contributed by atoms with Crippen molar-refractivity contribution in [2.45, 2.75) is 6.42 Å². The highest BCUT2D eigenvalue weighted by atomic mass is 19.2. The Morgan fingerprint density at radius 3 is 2.67 bits per heavy atom. The molecule has 0 aliphatic carbocycles. The van der Waals surface area contributed by atoms with Crippen molar-refractivity contribution >= 4 is 11.9 Å². The molecule has 1 saturated heterocycles. The molecule has 1 amide bonds. The monoisotopic (exact) mass is 255 g/mol. The molecule has 1 aliphatic rings. The second-order valence-electron chi connectivity index (χ2n) is 4.18. The maximum Gasteiger partial charge on any atom is 0.308 e. The van der Waals surface area contributed by atoms with Gasteiger partial charge in [0.15, 0.2) is 11.6 Å². The van der Waals surface area contributed by atoms with E-state index in [0.29, 0.717) is 6.42 Å². The van der Waals surface area contributed by atoms with Crippen molar-refractivity contribution in [3.8, 4) is 0 Å². The molecule has 0 aromatic heterocycles. The van der Waals surface area contributed by atoms with E-state index >= 15 is 0 Å². The lowest BCUT2D eigenvalue weighted by Gasteiger charge is -2.16. The Labute approximate surface area is 102 Å². The number of halogens is 2. The fraction of sp³-hybridized carbons (Fsp3) is 0.333. The number of benzene rings is 1. The first-order valence-electron chi connectivity index (χ1n) is 5.47. The molecule has 18 heavy (non-hydrogen) atoms. The van der Waals surface area contributed by atoms with Gasteiger partial charge in [-0.2, -0.15) is 0 Å². The van der Waals surface area contributed by atoms with Gasteiger partial charge in [-0.25, -0.2) is 8.78 Å². The highest BCUT2D eigenvalue weighted by molar-refractivity contribution is 5.95. The van der Waals surface area contributed by atoms with Gasteiger partial charge in [-0.15, -0.1) is 0 Å². The number of likely N-dealkylation sites (tertiary alicyclic amines) is 1. The molecule has 96 valence electrons. The number of carbonyl (C=O) groups is 2. The van der Waals surface area contributed by atoms with Gasteiger partial charge in [0.05, 0.1) is 11.5 Å². The second-order valence-corrected chi connectivity index (χ2v) is 4.18. The van der Waals surface area contributed by atoms with Gasteiger partial charge in [-0.1, -0.05) is 6.07 Å². The molecule has 2 rings (SSSR count). The third-order valence-corrected chi connectivity index (χ3v) is 3.01. The number of hydrogen-bond donors (Lipinski definition) is 1. The maximum atomic E-state index is 13.4. The molecule has 1 aromatic carbocycles. The van der Waals surface area contributed by atoms with Crippen molar-refractivity contribution in [2.24, 2.45) is 5.92 Å². The van der Waals surface area contributed by atoms with E-state index in [-0.39, 0.29) is 18.7 Å². The zero-order valence-corrected chi connectivity index (χ0v) is 9.40. The Bertz CT molecular complexity index is 504. The van der Waals surface area contributed by atoms with Gasteiger partial charge >= 0.3 is 5.97 Å². The van der Waals surface area contributed by atoms with E-state index in [1.54, 1.807) is 0 Å². The smallest absolute Gasteiger partial charge is 0.308 e. The normalized spacial score (nSPS) is 19.0. The number of carboxylic acid groups (broad SMARTS) is 1. The summed E-state index contributed by atoms with van der Waals surface area (Å²) in [6, 6.07) is 3.36. The van der Waals surface area contributed by atoms with Crippen molar-refractivity contribution in [1.29, 1.82) is 0 Å². The average molecular weight is 255 g/mol. The number of carbonyl (C=O) groups excluding carboxylic acids is 1. The molecule has 1 unspecified atom stereocenters. The molecular weight excluding hydrogens is 244 g/mol. The number of amides is 1. The van der Waals surface area contributed by atoms with E-state index in [0.717, 1.165) is 6.07 Å². The van der Waals surface area contributed by atoms with Gasteiger partial charge in [0.2, 0.25) is 0 Å². The third kappa shape index (κ3) is 2.18. The molecule has 0 spiro atoms. The number of aliphatic carboxylic acids is 1. The quantitative estimate of drug-likeness (QED) is 0.871. The van der Waals surface area contributed by atoms with Crippen LogP contribution in [-0.4, -0.2) is 35.0 Å². The molecule has 0 bridgehead atoms. The van der Waals surface area contributed by atoms with Crippen LogP contribution in [0, 0.1) is 17.6 Å². The van der Waals surface area contributed by atoms with Crippen LogP contribution in [0.2, 0.25) is 0 Å². The van der Waals surface area contributed by atoms with Crippen LogP contribution in [-0.2, 0) is 4.79 Å². The van der Waals surface area contributed by atoms with Gasteiger partial charge in [-0.3, -0.25) is 9.59 Å². The topological polar surface area (TPSA) is 57.6 Å². The van der Waals surface area contributed by atoms with Crippen LogP contribution in [0.25, 0.3) is 0 Å². The van der Waals surface area contributed by atoms with E-state index < -0.39 is 29.4 Å². The van der Waals surface area contributed by atoms with Crippen LogP contribution in [0.15, 0.2) is 18.2 Å². The second kappa shape index (κ2) is 4.72. The summed E-state index contributed by atoms with van der Waals surface area (Å²) in [5, 5.41) is 8.81. The van der Waals surface area contributed by atoms with Crippen LogP contribution >= 0.6 is 0 Å². The zero-order valence-electron chi connectivity index (χ0n) is 9.40. The molecule has 0 saturated carbocycles. The Balaban J connectivity index is 2.18. The molecule has 1 atom stereocenters. The van der Waals surface area contributed by atoms with Crippen LogP contribution in [0.1, 0.15) is 16.8 Å². The molecule has 1 fully saturated rings. The maximum absolute atomic E-state index is 13.4. The first-order valence-corrected chi connectivity index (χ1v) is 5.47. The Hall–Kier alpha value is -1.98. The Morgan fingerprint density at radius 2 is 2.06 bits per heavy atom. The number of nitrogens with zero attached hydrogens (tertiary/aromatic N) is 1. The van der Waals surface area contributed by atoms with Gasteiger partial charge in [0.1, 0.15) is 0 Å². The first-order chi connectivity index (χ1) is 8.50. The lowest BCUT2D eigenvalue weighted by atomic mass is 10.1. The summed E-state index contributed by atoms with van der Waals surface area (Å²) in [4.78, 5) is 23.9. The highest BCUT2D eigenvalue weighted by Gasteiger charge is 2.32. The van der Waals surface area contributed by atoms with Crippen LogP contribution < -0.4 is 0 Å². The summed E-state index contributed by atoms with van der Waals surface area (Å²) in [6.07, 6.45) is 0.331. The van der Waals surface area contributed by atoms with Gasteiger partial charge in [-0.05, 0) is 18.6 Å². The van der Waals surface area contributed by atoms with E-state index in [9.17, 15) is 18.4 Å². The van der Waals surface area contributed by atoms with E-state index in [1.165, 1.54) is 17.0 Å². The Kier molecular flexibility index (Phi) is 3.27. The molecule has 1 heterocycles. The molecule has 6 heteroatoms. The highest BCUT2D eigenvalue weighted by Crippen LogP contribution is 2.20. The lowest BCUT2D eigenvalue weighted by molar-refractivity contribution is -0.141. The van der Waals surface area contributed by atoms with Crippen molar-refractivity contribution in [1.82, 2.24) is 4.90 Å².